The molecular formula is C21H25FN2O3. The van der Waals surface area contributed by atoms with Crippen molar-refractivity contribution in [3.63, 3.8) is 0 Å². The van der Waals surface area contributed by atoms with Crippen LogP contribution in [-0.2, 0) is 0 Å². The third kappa shape index (κ3) is 4.77. The summed E-state index contributed by atoms with van der Waals surface area (Å²) in [5.41, 5.74) is 1.68. The molecule has 5 nitrogen and oxygen atoms in total. The lowest BCUT2D eigenvalue weighted by atomic mass is 10.1. The van der Waals surface area contributed by atoms with Crippen LogP contribution in [0.15, 0.2) is 42.5 Å². The number of nitrogens with zero attached hydrogens (tertiary/aromatic N) is 2. The molecule has 0 N–H and O–H groups in total. The summed E-state index contributed by atoms with van der Waals surface area (Å²) in [6.07, 6.45) is 0.464. The number of hydrogen-bond donors (Lipinski definition) is 0. The van der Waals surface area contributed by atoms with Crippen LogP contribution >= 0.6 is 0 Å². The molecule has 0 unspecified atom stereocenters. The molecule has 1 fully saturated rings. The molecule has 0 amide bonds. The van der Waals surface area contributed by atoms with E-state index in [1.807, 2.05) is 12.1 Å². The highest BCUT2D eigenvalue weighted by Crippen LogP contribution is 2.28. The summed E-state index contributed by atoms with van der Waals surface area (Å²) in [5.74, 6) is 1.06. The van der Waals surface area contributed by atoms with Gasteiger partial charge in [0.1, 0.15) is 5.82 Å². The van der Waals surface area contributed by atoms with Crippen molar-refractivity contribution in [3.8, 4) is 11.5 Å². The Labute approximate surface area is 159 Å². The first-order valence-corrected chi connectivity index (χ1v) is 9.09. The highest BCUT2D eigenvalue weighted by Gasteiger charge is 2.18. The van der Waals surface area contributed by atoms with Crippen LogP contribution in [0.3, 0.4) is 0 Å². The number of hydrogen-bond acceptors (Lipinski definition) is 5. The zero-order valence-electron chi connectivity index (χ0n) is 15.8. The number of carbonyl (C=O) groups is 1. The van der Waals surface area contributed by atoms with Gasteiger partial charge in [0, 0.05) is 50.4 Å². The van der Waals surface area contributed by atoms with Gasteiger partial charge < -0.3 is 14.4 Å². The standard InChI is InChI=1S/C21H25FN2O3/c1-26-20-8-3-16(15-21(20)27-2)19(25)9-10-23-11-13-24(14-12-23)18-6-4-17(22)5-7-18/h3-8,15H,9-14H2,1-2H3. The van der Waals surface area contributed by atoms with E-state index in [1.54, 1.807) is 32.4 Å². The van der Waals surface area contributed by atoms with E-state index in [4.69, 9.17) is 9.47 Å². The topological polar surface area (TPSA) is 42.0 Å². The molecule has 0 radical (unpaired) electrons. The van der Waals surface area contributed by atoms with Crippen molar-refractivity contribution in [2.75, 3.05) is 51.8 Å². The van der Waals surface area contributed by atoms with Crippen LogP contribution in [0.2, 0.25) is 0 Å². The summed E-state index contributed by atoms with van der Waals surface area (Å²) in [6.45, 7) is 4.24. The Hall–Kier alpha value is -2.60. The first kappa shape index (κ1) is 19.2. The summed E-state index contributed by atoms with van der Waals surface area (Å²) in [5, 5.41) is 0. The van der Waals surface area contributed by atoms with E-state index >= 15 is 0 Å². The largest absolute Gasteiger partial charge is 0.493 e. The molecule has 6 heteroatoms. The number of anilines is 1. The van der Waals surface area contributed by atoms with Crippen LogP contribution in [0.4, 0.5) is 10.1 Å². The zero-order chi connectivity index (χ0) is 19.2. The summed E-state index contributed by atoms with van der Waals surface area (Å²) < 4.78 is 23.5. The van der Waals surface area contributed by atoms with Crippen molar-refractivity contribution in [1.29, 1.82) is 0 Å². The monoisotopic (exact) mass is 372 g/mol. The molecule has 144 valence electrons. The average Bonchev–Trinajstić information content (AvgIpc) is 2.72. The fraction of sp³-hybridized carbons (Fsp3) is 0.381. The predicted octanol–water partition coefficient (Wildman–Crippen LogP) is 3.24. The van der Waals surface area contributed by atoms with Gasteiger partial charge in [-0.3, -0.25) is 9.69 Å². The van der Waals surface area contributed by atoms with Crippen LogP contribution in [0, 0.1) is 5.82 Å². The lowest BCUT2D eigenvalue weighted by Crippen LogP contribution is -2.46. The number of piperazine rings is 1. The number of ether oxygens (including phenoxy) is 2. The van der Waals surface area contributed by atoms with Gasteiger partial charge in [0.2, 0.25) is 0 Å². The minimum absolute atomic E-state index is 0.0944. The average molecular weight is 372 g/mol. The van der Waals surface area contributed by atoms with Gasteiger partial charge in [-0.2, -0.15) is 0 Å². The van der Waals surface area contributed by atoms with Gasteiger partial charge >= 0.3 is 0 Å². The van der Waals surface area contributed by atoms with Crippen LogP contribution in [0.5, 0.6) is 11.5 Å². The Balaban J connectivity index is 1.49. The molecule has 1 aliphatic rings. The highest BCUT2D eigenvalue weighted by atomic mass is 19.1. The Bertz CT molecular complexity index is 771. The van der Waals surface area contributed by atoms with Crippen LogP contribution in [0.1, 0.15) is 16.8 Å². The van der Waals surface area contributed by atoms with Gasteiger partial charge in [0.15, 0.2) is 17.3 Å². The number of rotatable bonds is 7. The summed E-state index contributed by atoms with van der Waals surface area (Å²) in [4.78, 5) is 17.0. The maximum Gasteiger partial charge on any atom is 0.164 e. The fourth-order valence-corrected chi connectivity index (χ4v) is 3.30. The van der Waals surface area contributed by atoms with Crippen molar-refractivity contribution in [1.82, 2.24) is 4.90 Å². The Morgan fingerprint density at radius 2 is 1.63 bits per heavy atom. The number of benzene rings is 2. The van der Waals surface area contributed by atoms with E-state index in [2.05, 4.69) is 9.80 Å². The molecule has 0 spiro atoms. The molecule has 0 bridgehead atoms. The van der Waals surface area contributed by atoms with E-state index in [0.29, 0.717) is 23.5 Å². The van der Waals surface area contributed by atoms with Crippen molar-refractivity contribution in [3.05, 3.63) is 53.8 Å². The normalized spacial score (nSPS) is 14.9. The first-order chi connectivity index (χ1) is 13.1. The quantitative estimate of drug-likeness (QED) is 0.698. The number of halogens is 1. The highest BCUT2D eigenvalue weighted by molar-refractivity contribution is 5.96. The Morgan fingerprint density at radius 1 is 0.963 bits per heavy atom. The minimum Gasteiger partial charge on any atom is -0.493 e. The molecule has 0 aromatic heterocycles. The lowest BCUT2D eigenvalue weighted by molar-refractivity contribution is 0.0962. The molecule has 2 aromatic rings. The molecule has 0 saturated carbocycles. The number of carbonyl (C=O) groups excluding carboxylic acids is 1. The molecule has 1 heterocycles. The second-order valence-electron chi connectivity index (χ2n) is 6.55. The molecule has 1 aliphatic heterocycles. The maximum absolute atomic E-state index is 13.0. The van der Waals surface area contributed by atoms with Gasteiger partial charge in [0.05, 0.1) is 14.2 Å². The van der Waals surface area contributed by atoms with Crippen molar-refractivity contribution in [2.45, 2.75) is 6.42 Å². The second-order valence-corrected chi connectivity index (χ2v) is 6.55. The van der Waals surface area contributed by atoms with Crippen LogP contribution in [0.25, 0.3) is 0 Å². The first-order valence-electron chi connectivity index (χ1n) is 9.09. The number of Topliss-reactive ketones (excluding diaryl/α,β-unsaturated/α-hetero) is 1. The molecule has 27 heavy (non-hydrogen) atoms. The number of methoxy groups -OCH3 is 2. The minimum atomic E-state index is -0.217. The second kappa shape index (κ2) is 8.86. The summed E-state index contributed by atoms with van der Waals surface area (Å²) in [7, 11) is 3.14. The Morgan fingerprint density at radius 3 is 2.26 bits per heavy atom. The summed E-state index contributed by atoms with van der Waals surface area (Å²) in [6, 6.07) is 11.9. The zero-order valence-corrected chi connectivity index (χ0v) is 15.8. The maximum atomic E-state index is 13.0. The van der Waals surface area contributed by atoms with Crippen molar-refractivity contribution in [2.24, 2.45) is 0 Å². The third-order valence-corrected chi connectivity index (χ3v) is 4.92. The van der Waals surface area contributed by atoms with Crippen LogP contribution < -0.4 is 14.4 Å². The molecule has 1 saturated heterocycles. The van der Waals surface area contributed by atoms with Gasteiger partial charge in [-0.15, -0.1) is 0 Å². The van der Waals surface area contributed by atoms with E-state index in [9.17, 15) is 9.18 Å². The Kier molecular flexibility index (Phi) is 6.29. The predicted molar refractivity (Wildman–Crippen MR) is 104 cm³/mol. The lowest BCUT2D eigenvalue weighted by Gasteiger charge is -2.36. The fourth-order valence-electron chi connectivity index (χ4n) is 3.30. The molecule has 3 rings (SSSR count). The van der Waals surface area contributed by atoms with E-state index < -0.39 is 0 Å². The van der Waals surface area contributed by atoms with Crippen molar-refractivity contribution >= 4 is 11.5 Å². The number of ketones is 1. The van der Waals surface area contributed by atoms with Gasteiger partial charge in [-0.05, 0) is 42.5 Å². The smallest absolute Gasteiger partial charge is 0.164 e. The van der Waals surface area contributed by atoms with E-state index in [1.165, 1.54) is 12.1 Å². The summed E-state index contributed by atoms with van der Waals surface area (Å²) >= 11 is 0. The van der Waals surface area contributed by atoms with E-state index in [-0.39, 0.29) is 11.6 Å². The van der Waals surface area contributed by atoms with Crippen molar-refractivity contribution < 1.29 is 18.7 Å². The molecule has 0 atom stereocenters. The van der Waals surface area contributed by atoms with E-state index in [0.717, 1.165) is 38.4 Å². The molecular weight excluding hydrogens is 347 g/mol. The molecule has 0 aliphatic carbocycles. The third-order valence-electron chi connectivity index (χ3n) is 4.92. The van der Waals surface area contributed by atoms with Crippen LogP contribution in [-0.4, -0.2) is 57.6 Å². The molecule has 2 aromatic carbocycles. The van der Waals surface area contributed by atoms with Gasteiger partial charge in [-0.1, -0.05) is 0 Å². The van der Waals surface area contributed by atoms with Gasteiger partial charge in [0.25, 0.3) is 0 Å². The SMILES string of the molecule is COc1ccc(C(=O)CCN2CCN(c3ccc(F)cc3)CC2)cc1OC. The van der Waals surface area contributed by atoms with Gasteiger partial charge in [-0.25, -0.2) is 4.39 Å².